The fraction of sp³-hybridized carbons (Fsp3) is 0.0952. The molecule has 2 atom stereocenters. The molecule has 26 heavy (non-hydrogen) atoms. The minimum absolute atomic E-state index is 0. The summed E-state index contributed by atoms with van der Waals surface area (Å²) in [6.45, 7) is 0. The summed E-state index contributed by atoms with van der Waals surface area (Å²) in [4.78, 5) is 0. The molecular weight excluding hydrogens is 442 g/mol. The van der Waals surface area contributed by atoms with E-state index in [1.54, 1.807) is 0 Å². The van der Waals surface area contributed by atoms with Crippen molar-refractivity contribution in [3.05, 3.63) is 95.3 Å². The van der Waals surface area contributed by atoms with Crippen LogP contribution in [0.5, 0.6) is 0 Å². The van der Waals surface area contributed by atoms with Gasteiger partial charge in [0.05, 0.1) is 0 Å². The van der Waals surface area contributed by atoms with E-state index in [1.165, 1.54) is 28.0 Å². The molecule has 0 fully saturated rings. The molecule has 5 heteroatoms. The topological polar surface area (TPSA) is 17.8 Å². The van der Waals surface area contributed by atoms with Gasteiger partial charge in [0.1, 0.15) is 0 Å². The molecular formula is C21H16Cl2N2Zr. The maximum absolute atomic E-state index is 4.51. The molecule has 2 aromatic carbocycles. The van der Waals surface area contributed by atoms with Gasteiger partial charge in [-0.15, -0.1) is 0 Å². The third-order valence-electron chi connectivity index (χ3n) is 4.82. The second-order valence-electron chi connectivity index (χ2n) is 6.21. The Kier molecular flexibility index (Phi) is 6.02. The fourth-order valence-electron chi connectivity index (χ4n) is 3.68. The number of allylic oxidation sites excluding steroid dienone is 2. The van der Waals surface area contributed by atoms with Gasteiger partial charge < -0.3 is 24.8 Å². The number of aromatic nitrogens is 2. The van der Waals surface area contributed by atoms with Crippen LogP contribution in [0.1, 0.15) is 29.5 Å². The summed E-state index contributed by atoms with van der Waals surface area (Å²) in [6.07, 6.45) is 11.0. The number of rotatable bonds is 3. The zero-order chi connectivity index (χ0) is 15.9. The molecule has 0 radical (unpaired) electrons. The number of benzene rings is 2. The summed E-state index contributed by atoms with van der Waals surface area (Å²) in [5.41, 5.74) is 7.13. The van der Waals surface area contributed by atoms with E-state index >= 15 is 0 Å². The van der Waals surface area contributed by atoms with Gasteiger partial charge in [-0.05, 0) is 0 Å². The van der Waals surface area contributed by atoms with Crippen molar-refractivity contribution in [2.45, 2.75) is 7.25 Å². The predicted octanol–water partition coefficient (Wildman–Crippen LogP) is -1.21. The standard InChI is InChI=1S/C12H9N2.C9H7.2ClH.Zr/c1-2-5-11-9-12(8-10(11)4-1)14-7-3-6-13-14;1-2-5-9-7-3-6-8(9)4-1;;;/h1-9H;1-7H;2*1H;/q;;;;+2/p-2. The van der Waals surface area contributed by atoms with Gasteiger partial charge in [0, 0.05) is 0 Å². The molecule has 2 unspecified atom stereocenters. The van der Waals surface area contributed by atoms with E-state index in [2.05, 4.69) is 82.7 Å². The summed E-state index contributed by atoms with van der Waals surface area (Å²) in [5.74, 6) is 0. The first-order chi connectivity index (χ1) is 11.9. The van der Waals surface area contributed by atoms with E-state index in [4.69, 9.17) is 0 Å². The molecule has 1 aromatic heterocycles. The van der Waals surface area contributed by atoms with Crippen LogP contribution in [0.15, 0.2) is 73.1 Å². The maximum Gasteiger partial charge on any atom is -1.00 e. The zero-order valence-electron chi connectivity index (χ0n) is 13.9. The number of nitrogens with zero attached hydrogens (tertiary/aromatic N) is 2. The molecule has 1 heterocycles. The first-order valence-corrected chi connectivity index (χ1v) is 11.1. The first kappa shape index (κ1) is 19.4. The van der Waals surface area contributed by atoms with Crippen LogP contribution in [0.4, 0.5) is 0 Å². The Labute approximate surface area is 177 Å². The van der Waals surface area contributed by atoms with Gasteiger partial charge in [-0.3, -0.25) is 0 Å². The van der Waals surface area contributed by atoms with Crippen molar-refractivity contribution in [1.82, 2.24) is 9.78 Å². The summed E-state index contributed by atoms with van der Waals surface area (Å²) >= 11 is -0.779. The molecule has 5 rings (SSSR count). The maximum atomic E-state index is 4.51. The third-order valence-corrected chi connectivity index (χ3v) is 9.25. The number of halogens is 2. The monoisotopic (exact) mass is 456 g/mol. The van der Waals surface area contributed by atoms with Crippen molar-refractivity contribution >= 4 is 17.8 Å². The zero-order valence-corrected chi connectivity index (χ0v) is 17.9. The van der Waals surface area contributed by atoms with Crippen molar-refractivity contribution in [2.24, 2.45) is 0 Å². The van der Waals surface area contributed by atoms with Crippen LogP contribution in [-0.4, -0.2) is 9.78 Å². The van der Waals surface area contributed by atoms with E-state index < -0.39 is 23.2 Å². The fourth-order valence-corrected chi connectivity index (χ4v) is 8.19. The Balaban J connectivity index is 0.000000980. The molecule has 0 saturated heterocycles. The van der Waals surface area contributed by atoms with E-state index in [0.29, 0.717) is 7.25 Å². The minimum atomic E-state index is -0.779. The molecule has 128 valence electrons. The molecule has 2 aliphatic carbocycles. The van der Waals surface area contributed by atoms with E-state index in [9.17, 15) is 0 Å². The molecule has 0 N–H and O–H groups in total. The quantitative estimate of drug-likeness (QED) is 0.482. The smallest absolute Gasteiger partial charge is 1.00 e. The van der Waals surface area contributed by atoms with Gasteiger partial charge in [0.15, 0.2) is 0 Å². The number of hydrogen-bond donors (Lipinski definition) is 0. The van der Waals surface area contributed by atoms with Crippen molar-refractivity contribution < 1.29 is 48.0 Å². The SMILES string of the molecule is C1=C[CH]([Zr+2][CH]2C(n3cccn3)=Cc3ccccc32)c2ccccc21.[Cl-].[Cl-]. The van der Waals surface area contributed by atoms with Crippen LogP contribution >= 0.6 is 0 Å². The Morgan fingerprint density at radius 2 is 1.58 bits per heavy atom. The minimum Gasteiger partial charge on any atom is -1.00 e. The summed E-state index contributed by atoms with van der Waals surface area (Å²) in [7, 11) is 0. The Bertz CT molecular complexity index is 964. The Hall–Kier alpha value is -1.41. The van der Waals surface area contributed by atoms with Crippen LogP contribution in [0.2, 0.25) is 0 Å². The van der Waals surface area contributed by atoms with Gasteiger partial charge >= 0.3 is 153 Å². The molecule has 0 saturated carbocycles. The van der Waals surface area contributed by atoms with Gasteiger partial charge in [-0.25, -0.2) is 0 Å². The number of hydrogen-bond acceptors (Lipinski definition) is 1. The van der Waals surface area contributed by atoms with Crippen LogP contribution in [0.3, 0.4) is 0 Å². The van der Waals surface area contributed by atoms with Crippen LogP contribution < -0.4 is 24.8 Å². The van der Waals surface area contributed by atoms with Crippen molar-refractivity contribution in [3.63, 3.8) is 0 Å². The predicted molar refractivity (Wildman–Crippen MR) is 93.8 cm³/mol. The average molecular weight is 459 g/mol. The van der Waals surface area contributed by atoms with Crippen LogP contribution in [-0.2, 0) is 23.2 Å². The average Bonchev–Trinajstić information content (AvgIpc) is 3.34. The largest absolute Gasteiger partial charge is 1.00 e. The summed E-state index contributed by atoms with van der Waals surface area (Å²) in [6, 6.07) is 19.7. The molecule has 2 nitrogen and oxygen atoms in total. The normalized spacial score (nSPS) is 18.8. The molecule has 0 aliphatic heterocycles. The first-order valence-electron chi connectivity index (χ1n) is 8.24. The van der Waals surface area contributed by atoms with Gasteiger partial charge in [0.2, 0.25) is 0 Å². The second-order valence-corrected chi connectivity index (χ2v) is 9.98. The Morgan fingerprint density at radius 3 is 2.35 bits per heavy atom. The van der Waals surface area contributed by atoms with Crippen LogP contribution in [0.25, 0.3) is 17.8 Å². The van der Waals surface area contributed by atoms with E-state index in [1.807, 2.05) is 12.3 Å². The van der Waals surface area contributed by atoms with Gasteiger partial charge in [0.25, 0.3) is 0 Å². The van der Waals surface area contributed by atoms with Gasteiger partial charge in [-0.2, -0.15) is 0 Å². The van der Waals surface area contributed by atoms with Crippen molar-refractivity contribution in [1.29, 1.82) is 0 Å². The third kappa shape index (κ3) is 3.29. The summed E-state index contributed by atoms with van der Waals surface area (Å²) < 4.78 is 3.25. The molecule has 2 aliphatic rings. The van der Waals surface area contributed by atoms with Crippen molar-refractivity contribution in [3.8, 4) is 0 Å². The summed E-state index contributed by atoms with van der Waals surface area (Å²) in [5, 5.41) is 4.51. The van der Waals surface area contributed by atoms with Crippen LogP contribution in [0, 0.1) is 0 Å². The molecule has 0 amide bonds. The second kappa shape index (κ2) is 8.09. The molecule has 0 spiro atoms. The van der Waals surface area contributed by atoms with Gasteiger partial charge in [-0.1, -0.05) is 0 Å². The molecule has 0 bridgehead atoms. The Morgan fingerprint density at radius 1 is 0.846 bits per heavy atom. The van der Waals surface area contributed by atoms with Crippen molar-refractivity contribution in [2.75, 3.05) is 0 Å². The molecule has 3 aromatic rings. The van der Waals surface area contributed by atoms with E-state index in [0.717, 1.165) is 0 Å². The van der Waals surface area contributed by atoms with E-state index in [-0.39, 0.29) is 24.8 Å². The number of fused-ring (bicyclic) bond motifs is 2.